The Morgan fingerprint density at radius 1 is 1.09 bits per heavy atom. The van der Waals surface area contributed by atoms with Crippen molar-refractivity contribution < 1.29 is 19.1 Å². The molecule has 2 aromatic rings. The minimum absolute atomic E-state index is 0.00203. The average molecular weight is 478 g/mol. The summed E-state index contributed by atoms with van der Waals surface area (Å²) in [5.41, 5.74) is 3.38. The number of rotatable bonds is 9. The Morgan fingerprint density at radius 2 is 1.83 bits per heavy atom. The highest BCUT2D eigenvalue weighted by molar-refractivity contribution is 6.06. The maximum absolute atomic E-state index is 12.9. The zero-order valence-electron chi connectivity index (χ0n) is 20.9. The number of nitrogens with one attached hydrogen (secondary N) is 1. The van der Waals surface area contributed by atoms with Gasteiger partial charge in [-0.1, -0.05) is 31.9 Å². The van der Waals surface area contributed by atoms with Crippen LogP contribution in [0.3, 0.4) is 0 Å². The number of hydrogen-bond donors (Lipinski definition) is 1. The fraction of sp³-hybridized carbons (Fsp3) is 0.464. The van der Waals surface area contributed by atoms with E-state index in [-0.39, 0.29) is 23.8 Å². The van der Waals surface area contributed by atoms with Gasteiger partial charge in [0.25, 0.3) is 5.91 Å². The number of carbonyl (C=O) groups is 2. The van der Waals surface area contributed by atoms with Crippen LogP contribution in [0.1, 0.15) is 73.9 Å². The van der Waals surface area contributed by atoms with Gasteiger partial charge < -0.3 is 14.8 Å². The van der Waals surface area contributed by atoms with E-state index in [9.17, 15) is 9.59 Å². The van der Waals surface area contributed by atoms with Gasteiger partial charge in [-0.3, -0.25) is 9.59 Å². The van der Waals surface area contributed by atoms with E-state index in [1.165, 1.54) is 12.8 Å². The highest BCUT2D eigenvalue weighted by Crippen LogP contribution is 2.32. The number of benzene rings is 2. The van der Waals surface area contributed by atoms with Crippen molar-refractivity contribution in [3.05, 3.63) is 59.2 Å². The van der Waals surface area contributed by atoms with Gasteiger partial charge in [-0.2, -0.15) is 5.10 Å². The van der Waals surface area contributed by atoms with E-state index in [0.717, 1.165) is 36.1 Å². The van der Waals surface area contributed by atoms with Crippen molar-refractivity contribution in [1.29, 1.82) is 0 Å². The number of hydrazone groups is 1. The highest BCUT2D eigenvalue weighted by atomic mass is 16.5. The van der Waals surface area contributed by atoms with Crippen LogP contribution in [0, 0.1) is 5.92 Å². The fourth-order valence-electron chi connectivity index (χ4n) is 4.81. The van der Waals surface area contributed by atoms with Crippen LogP contribution in [0.15, 0.2) is 47.6 Å². The molecule has 7 nitrogen and oxygen atoms in total. The largest absolute Gasteiger partial charge is 0.493 e. The summed E-state index contributed by atoms with van der Waals surface area (Å²) in [6.45, 7) is 4.90. The smallest absolute Gasteiger partial charge is 0.251 e. The molecule has 1 atom stereocenters. The van der Waals surface area contributed by atoms with Crippen molar-refractivity contribution in [2.24, 2.45) is 11.0 Å². The molecule has 7 heteroatoms. The molecule has 1 saturated carbocycles. The van der Waals surface area contributed by atoms with Gasteiger partial charge in [0.2, 0.25) is 5.91 Å². The Hall–Kier alpha value is -3.35. The highest BCUT2D eigenvalue weighted by Gasteiger charge is 2.30. The van der Waals surface area contributed by atoms with E-state index in [1.54, 1.807) is 12.1 Å². The summed E-state index contributed by atoms with van der Waals surface area (Å²) >= 11 is 0. The number of methoxy groups -OCH3 is 1. The third-order valence-electron chi connectivity index (χ3n) is 6.81. The monoisotopic (exact) mass is 477 g/mol. The van der Waals surface area contributed by atoms with Crippen LogP contribution in [0.2, 0.25) is 0 Å². The van der Waals surface area contributed by atoms with E-state index in [2.05, 4.69) is 12.2 Å². The molecule has 0 saturated heterocycles. The van der Waals surface area contributed by atoms with Gasteiger partial charge in [-0.25, -0.2) is 5.01 Å². The SMILES string of the molecule is CCOc1cc(C2=NN(Cc3ccc(C(=O)NC4CCCC4)cc3)C(=O)CC2CC)ccc1OC. The minimum atomic E-state index is -0.0341. The summed E-state index contributed by atoms with van der Waals surface area (Å²) in [6.07, 6.45) is 5.70. The lowest BCUT2D eigenvalue weighted by molar-refractivity contribution is -0.133. The number of ether oxygens (including phenoxy) is 2. The first kappa shape index (κ1) is 24.8. The van der Waals surface area contributed by atoms with Gasteiger partial charge in [0.15, 0.2) is 11.5 Å². The van der Waals surface area contributed by atoms with Crippen LogP contribution in [0.25, 0.3) is 0 Å². The first-order chi connectivity index (χ1) is 17.0. The van der Waals surface area contributed by atoms with E-state index in [1.807, 2.05) is 49.4 Å². The lowest BCUT2D eigenvalue weighted by atomic mass is 9.89. The van der Waals surface area contributed by atoms with Crippen molar-refractivity contribution in [3.63, 3.8) is 0 Å². The van der Waals surface area contributed by atoms with Crippen molar-refractivity contribution in [2.75, 3.05) is 13.7 Å². The molecule has 186 valence electrons. The molecule has 1 aliphatic carbocycles. The van der Waals surface area contributed by atoms with E-state index in [0.29, 0.717) is 36.6 Å². The van der Waals surface area contributed by atoms with Gasteiger partial charge in [0, 0.05) is 29.5 Å². The topological polar surface area (TPSA) is 80.2 Å². The first-order valence-electron chi connectivity index (χ1n) is 12.6. The third kappa shape index (κ3) is 5.84. The van der Waals surface area contributed by atoms with Gasteiger partial charge in [-0.15, -0.1) is 0 Å². The second-order valence-corrected chi connectivity index (χ2v) is 9.20. The second kappa shape index (κ2) is 11.4. The van der Waals surface area contributed by atoms with Crippen LogP contribution in [0.4, 0.5) is 0 Å². The summed E-state index contributed by atoms with van der Waals surface area (Å²) in [6, 6.07) is 13.5. The van der Waals surface area contributed by atoms with Crippen LogP contribution in [-0.4, -0.2) is 42.3 Å². The van der Waals surface area contributed by atoms with Crippen LogP contribution < -0.4 is 14.8 Å². The molecule has 2 aromatic carbocycles. The Balaban J connectivity index is 1.52. The lowest BCUT2D eigenvalue weighted by Crippen LogP contribution is -2.36. The molecule has 0 bridgehead atoms. The summed E-state index contributed by atoms with van der Waals surface area (Å²) in [5, 5.41) is 9.44. The van der Waals surface area contributed by atoms with E-state index >= 15 is 0 Å². The lowest BCUT2D eigenvalue weighted by Gasteiger charge is -2.29. The molecule has 0 aromatic heterocycles. The normalized spacial score (nSPS) is 18.4. The first-order valence-corrected chi connectivity index (χ1v) is 12.6. The molecule has 1 fully saturated rings. The summed E-state index contributed by atoms with van der Waals surface area (Å²) in [5.74, 6) is 1.35. The van der Waals surface area contributed by atoms with Gasteiger partial charge in [0.05, 0.1) is 26.0 Å². The van der Waals surface area contributed by atoms with Crippen LogP contribution in [0.5, 0.6) is 11.5 Å². The van der Waals surface area contributed by atoms with Crippen molar-refractivity contribution in [3.8, 4) is 11.5 Å². The summed E-state index contributed by atoms with van der Waals surface area (Å²) in [4.78, 5) is 25.4. The van der Waals surface area contributed by atoms with Gasteiger partial charge in [-0.05, 0) is 62.1 Å². The molecule has 1 aliphatic heterocycles. The number of amides is 2. The molecule has 1 heterocycles. The summed E-state index contributed by atoms with van der Waals surface area (Å²) < 4.78 is 11.2. The van der Waals surface area contributed by atoms with Crippen molar-refractivity contribution >= 4 is 17.5 Å². The molecule has 1 unspecified atom stereocenters. The number of hydrogen-bond acceptors (Lipinski definition) is 5. The standard InChI is InChI=1S/C28H35N3O4/c1-4-20-17-26(32)31(30-27(20)22-14-15-24(34-3)25(16-22)35-5-2)18-19-10-12-21(13-11-19)28(33)29-23-8-6-7-9-23/h10-16,20,23H,4-9,17-18H2,1-3H3,(H,29,33). The molecule has 0 spiro atoms. The predicted molar refractivity (Wildman–Crippen MR) is 136 cm³/mol. The Morgan fingerprint density at radius 3 is 2.49 bits per heavy atom. The average Bonchev–Trinajstić information content (AvgIpc) is 3.38. The quantitative estimate of drug-likeness (QED) is 0.555. The van der Waals surface area contributed by atoms with Crippen molar-refractivity contribution in [1.82, 2.24) is 10.3 Å². The number of nitrogens with zero attached hydrogens (tertiary/aromatic N) is 2. The molecule has 2 amide bonds. The predicted octanol–water partition coefficient (Wildman–Crippen LogP) is 4.93. The zero-order valence-corrected chi connectivity index (χ0v) is 20.9. The van der Waals surface area contributed by atoms with Gasteiger partial charge in [0.1, 0.15) is 0 Å². The Kier molecular flexibility index (Phi) is 8.06. The Bertz CT molecular complexity index is 1070. The van der Waals surface area contributed by atoms with Crippen molar-refractivity contribution in [2.45, 2.75) is 65.0 Å². The molecular weight excluding hydrogens is 442 g/mol. The third-order valence-corrected chi connectivity index (χ3v) is 6.81. The van der Waals surface area contributed by atoms with E-state index in [4.69, 9.17) is 14.6 Å². The molecule has 4 rings (SSSR count). The molecule has 35 heavy (non-hydrogen) atoms. The zero-order chi connectivity index (χ0) is 24.8. The molecule has 0 radical (unpaired) electrons. The van der Waals surface area contributed by atoms with Gasteiger partial charge >= 0.3 is 0 Å². The summed E-state index contributed by atoms with van der Waals surface area (Å²) in [7, 11) is 1.62. The van der Waals surface area contributed by atoms with Crippen LogP contribution in [-0.2, 0) is 11.3 Å². The maximum atomic E-state index is 12.9. The van der Waals surface area contributed by atoms with E-state index < -0.39 is 0 Å². The van der Waals surface area contributed by atoms with Crippen LogP contribution >= 0.6 is 0 Å². The molecule has 2 aliphatic rings. The Labute approximate surface area is 207 Å². The second-order valence-electron chi connectivity index (χ2n) is 9.20. The maximum Gasteiger partial charge on any atom is 0.251 e. The molecule has 1 N–H and O–H groups in total. The minimum Gasteiger partial charge on any atom is -0.493 e. The number of carbonyl (C=O) groups excluding carboxylic acids is 2. The molecular formula is C28H35N3O4. The fourth-order valence-corrected chi connectivity index (χ4v) is 4.81.